The summed E-state index contributed by atoms with van der Waals surface area (Å²) in [6.45, 7) is 3.09. The first-order valence-electron chi connectivity index (χ1n) is 6.02. The van der Waals surface area contributed by atoms with Crippen LogP contribution in [-0.2, 0) is 0 Å². The van der Waals surface area contributed by atoms with Crippen LogP contribution in [0.2, 0.25) is 5.02 Å². The molecule has 0 saturated heterocycles. The molecule has 0 aliphatic heterocycles. The molecule has 3 nitrogen and oxygen atoms in total. The van der Waals surface area contributed by atoms with Crippen LogP contribution >= 0.6 is 24.0 Å². The third-order valence-electron chi connectivity index (χ3n) is 3.17. The number of benzene rings is 1. The lowest BCUT2D eigenvalue weighted by Gasteiger charge is -2.21. The third kappa shape index (κ3) is 3.96. The Bertz CT molecular complexity index is 543. The summed E-state index contributed by atoms with van der Waals surface area (Å²) in [4.78, 5) is 6.52. The minimum atomic E-state index is 0. The van der Waals surface area contributed by atoms with Gasteiger partial charge in [-0.15, -0.1) is 12.4 Å². The van der Waals surface area contributed by atoms with Gasteiger partial charge in [-0.3, -0.25) is 4.98 Å². The van der Waals surface area contributed by atoms with Crippen LogP contribution in [0, 0.1) is 0 Å². The van der Waals surface area contributed by atoms with Crippen molar-refractivity contribution in [2.45, 2.75) is 13.0 Å². The Morgan fingerprint density at radius 2 is 2.05 bits per heavy atom. The van der Waals surface area contributed by atoms with Crippen LogP contribution in [0.4, 0.5) is 5.69 Å². The highest BCUT2D eigenvalue weighted by Crippen LogP contribution is 2.24. The first-order valence-corrected chi connectivity index (χ1v) is 6.40. The van der Waals surface area contributed by atoms with Crippen molar-refractivity contribution in [3.63, 3.8) is 0 Å². The lowest BCUT2D eigenvalue weighted by atomic mass is 10.2. The topological polar surface area (TPSA) is 28.2 Å². The molecule has 0 spiro atoms. The fourth-order valence-corrected chi connectivity index (χ4v) is 1.88. The summed E-state index contributed by atoms with van der Waals surface area (Å²) in [5, 5.41) is 5.28. The summed E-state index contributed by atoms with van der Waals surface area (Å²) in [7, 11) is 4.16. The molecule has 1 heterocycles. The number of likely N-dealkylation sites (N-methyl/N-ethyl adjacent to an activating group) is 1. The molecule has 2 rings (SSSR count). The van der Waals surface area contributed by atoms with E-state index < -0.39 is 0 Å². The van der Waals surface area contributed by atoms with Crippen LogP contribution in [0.25, 0.3) is 10.9 Å². The van der Waals surface area contributed by atoms with E-state index in [1.165, 1.54) is 0 Å². The van der Waals surface area contributed by atoms with Crippen molar-refractivity contribution in [3.05, 3.63) is 35.5 Å². The van der Waals surface area contributed by atoms with Crippen molar-refractivity contribution >= 4 is 40.6 Å². The molecular formula is C14H19Cl2N3. The van der Waals surface area contributed by atoms with Gasteiger partial charge in [-0.25, -0.2) is 0 Å². The predicted octanol–water partition coefficient (Wildman–Crippen LogP) is 3.67. The number of nitrogens with zero attached hydrogens (tertiary/aromatic N) is 2. The van der Waals surface area contributed by atoms with Gasteiger partial charge in [-0.05, 0) is 45.3 Å². The monoisotopic (exact) mass is 299 g/mol. The maximum Gasteiger partial charge on any atom is 0.0737 e. The minimum Gasteiger partial charge on any atom is -0.383 e. The second-order valence-electron chi connectivity index (χ2n) is 4.71. The zero-order valence-corrected chi connectivity index (χ0v) is 12.9. The molecule has 0 aliphatic rings. The lowest BCUT2D eigenvalue weighted by molar-refractivity contribution is 0.326. The standard InChI is InChI=1S/C14H18ClN3.ClH/c1-10(18(2)3)9-17-13-6-7-16-14-8-11(15)4-5-12(13)14;/h4-8,10H,9H2,1-3H3,(H,16,17);1H/t10-;/m1./s1. The van der Waals surface area contributed by atoms with Gasteiger partial charge in [0.1, 0.15) is 0 Å². The average molecular weight is 300 g/mol. The van der Waals surface area contributed by atoms with Crippen LogP contribution in [0.3, 0.4) is 0 Å². The molecule has 19 heavy (non-hydrogen) atoms. The van der Waals surface area contributed by atoms with Crippen LogP contribution in [0.1, 0.15) is 6.92 Å². The van der Waals surface area contributed by atoms with Crippen LogP contribution < -0.4 is 5.32 Å². The Morgan fingerprint density at radius 1 is 1.32 bits per heavy atom. The number of rotatable bonds is 4. The largest absolute Gasteiger partial charge is 0.383 e. The predicted molar refractivity (Wildman–Crippen MR) is 85.6 cm³/mol. The molecule has 2 aromatic rings. The summed E-state index contributed by atoms with van der Waals surface area (Å²) in [6.07, 6.45) is 1.81. The smallest absolute Gasteiger partial charge is 0.0737 e. The first kappa shape index (κ1) is 16.0. The first-order chi connectivity index (χ1) is 8.58. The molecule has 1 atom stereocenters. The number of fused-ring (bicyclic) bond motifs is 1. The SMILES string of the molecule is C[C@H](CNc1ccnc2cc(Cl)ccc12)N(C)C.Cl. The van der Waals surface area contributed by atoms with E-state index in [9.17, 15) is 0 Å². The normalized spacial score (nSPS) is 12.3. The highest BCUT2D eigenvalue weighted by molar-refractivity contribution is 6.31. The van der Waals surface area contributed by atoms with Gasteiger partial charge in [0, 0.05) is 34.9 Å². The fraction of sp³-hybridized carbons (Fsp3) is 0.357. The summed E-state index contributed by atoms with van der Waals surface area (Å²) in [5.41, 5.74) is 2.02. The molecule has 0 unspecified atom stereocenters. The summed E-state index contributed by atoms with van der Waals surface area (Å²) < 4.78 is 0. The van der Waals surface area contributed by atoms with Gasteiger partial charge in [-0.1, -0.05) is 11.6 Å². The number of nitrogens with one attached hydrogen (secondary N) is 1. The van der Waals surface area contributed by atoms with Gasteiger partial charge in [0.15, 0.2) is 0 Å². The van der Waals surface area contributed by atoms with E-state index >= 15 is 0 Å². The Labute approximate surface area is 125 Å². The molecule has 0 aliphatic carbocycles. The van der Waals surface area contributed by atoms with E-state index in [1.807, 2.05) is 24.3 Å². The van der Waals surface area contributed by atoms with Crippen molar-refractivity contribution in [2.75, 3.05) is 26.0 Å². The molecule has 0 bridgehead atoms. The molecule has 0 amide bonds. The van der Waals surface area contributed by atoms with E-state index in [2.05, 4.69) is 36.2 Å². The van der Waals surface area contributed by atoms with Crippen molar-refractivity contribution < 1.29 is 0 Å². The Hall–Kier alpha value is -1.03. The second-order valence-corrected chi connectivity index (χ2v) is 5.15. The fourth-order valence-electron chi connectivity index (χ4n) is 1.72. The molecule has 0 radical (unpaired) electrons. The van der Waals surface area contributed by atoms with Gasteiger partial charge >= 0.3 is 0 Å². The van der Waals surface area contributed by atoms with Crippen LogP contribution in [0.15, 0.2) is 30.5 Å². The minimum absolute atomic E-state index is 0. The van der Waals surface area contributed by atoms with Gasteiger partial charge in [0.25, 0.3) is 0 Å². The molecule has 104 valence electrons. The van der Waals surface area contributed by atoms with E-state index in [0.717, 1.165) is 23.1 Å². The summed E-state index contributed by atoms with van der Waals surface area (Å²) in [5.74, 6) is 0. The van der Waals surface area contributed by atoms with E-state index in [4.69, 9.17) is 11.6 Å². The maximum atomic E-state index is 5.97. The van der Waals surface area contributed by atoms with Crippen molar-refractivity contribution in [3.8, 4) is 0 Å². The quantitative estimate of drug-likeness (QED) is 0.933. The molecular weight excluding hydrogens is 281 g/mol. The number of aromatic nitrogens is 1. The van der Waals surface area contributed by atoms with Crippen molar-refractivity contribution in [1.82, 2.24) is 9.88 Å². The molecule has 0 fully saturated rings. The Morgan fingerprint density at radius 3 is 2.74 bits per heavy atom. The number of hydrogen-bond donors (Lipinski definition) is 1. The summed E-state index contributed by atoms with van der Waals surface area (Å²) in [6, 6.07) is 8.26. The van der Waals surface area contributed by atoms with Crippen molar-refractivity contribution in [2.24, 2.45) is 0 Å². The van der Waals surface area contributed by atoms with Crippen LogP contribution in [0.5, 0.6) is 0 Å². The molecule has 1 N–H and O–H groups in total. The number of hydrogen-bond acceptors (Lipinski definition) is 3. The van der Waals surface area contributed by atoms with E-state index in [-0.39, 0.29) is 12.4 Å². The third-order valence-corrected chi connectivity index (χ3v) is 3.41. The van der Waals surface area contributed by atoms with Crippen LogP contribution in [-0.4, -0.2) is 36.6 Å². The van der Waals surface area contributed by atoms with E-state index in [0.29, 0.717) is 11.1 Å². The molecule has 5 heteroatoms. The highest BCUT2D eigenvalue weighted by atomic mass is 35.5. The number of halogens is 2. The molecule has 0 saturated carbocycles. The number of pyridine rings is 1. The Balaban J connectivity index is 0.00000180. The maximum absolute atomic E-state index is 5.97. The van der Waals surface area contributed by atoms with Gasteiger partial charge < -0.3 is 10.2 Å². The number of anilines is 1. The van der Waals surface area contributed by atoms with E-state index in [1.54, 1.807) is 6.20 Å². The highest BCUT2D eigenvalue weighted by Gasteiger charge is 2.06. The molecule has 1 aromatic heterocycles. The van der Waals surface area contributed by atoms with Gasteiger partial charge in [0.2, 0.25) is 0 Å². The zero-order valence-electron chi connectivity index (χ0n) is 11.4. The second kappa shape index (κ2) is 6.94. The van der Waals surface area contributed by atoms with Crippen molar-refractivity contribution in [1.29, 1.82) is 0 Å². The van der Waals surface area contributed by atoms with Gasteiger partial charge in [0.05, 0.1) is 5.52 Å². The average Bonchev–Trinajstić information content (AvgIpc) is 2.35. The molecule has 1 aromatic carbocycles. The Kier molecular flexibility index (Phi) is 5.85. The lowest BCUT2D eigenvalue weighted by Crippen LogP contribution is -2.31. The zero-order chi connectivity index (χ0) is 13.1. The summed E-state index contributed by atoms with van der Waals surface area (Å²) >= 11 is 5.97. The van der Waals surface area contributed by atoms with Gasteiger partial charge in [-0.2, -0.15) is 0 Å².